The van der Waals surface area contributed by atoms with E-state index in [4.69, 9.17) is 4.74 Å². The van der Waals surface area contributed by atoms with Crippen LogP contribution in [0.25, 0.3) is 0 Å². The number of likely N-dealkylation sites (N-methyl/N-ethyl adjacent to an activating group) is 1. The third kappa shape index (κ3) is 4.25. The van der Waals surface area contributed by atoms with Gasteiger partial charge >= 0.3 is 5.97 Å². The molecule has 132 valence electrons. The molecule has 4 nitrogen and oxygen atoms in total. The van der Waals surface area contributed by atoms with Crippen LogP contribution in [0.5, 0.6) is 0 Å². The SMILES string of the molecule is CCN(CC)CCOC(=O)[C@](O)(c1ccccc1)[C@@H]1C=CCCC1. The average Bonchev–Trinajstić information content (AvgIpc) is 2.65. The summed E-state index contributed by atoms with van der Waals surface area (Å²) in [5, 5.41) is 11.3. The van der Waals surface area contributed by atoms with Gasteiger partial charge in [-0.1, -0.05) is 56.3 Å². The summed E-state index contributed by atoms with van der Waals surface area (Å²) in [6.07, 6.45) is 6.77. The molecule has 0 radical (unpaired) electrons. The van der Waals surface area contributed by atoms with Gasteiger partial charge in [-0.05, 0) is 37.9 Å². The van der Waals surface area contributed by atoms with Crippen molar-refractivity contribution in [2.24, 2.45) is 5.92 Å². The molecule has 1 aliphatic rings. The van der Waals surface area contributed by atoms with Gasteiger partial charge in [-0.15, -0.1) is 0 Å². The summed E-state index contributed by atoms with van der Waals surface area (Å²) in [6.45, 7) is 6.98. The molecule has 1 N–H and O–H groups in total. The molecule has 0 saturated carbocycles. The molecule has 1 aliphatic carbocycles. The van der Waals surface area contributed by atoms with Gasteiger partial charge in [0.05, 0.1) is 0 Å². The highest BCUT2D eigenvalue weighted by molar-refractivity contribution is 5.82. The molecule has 1 aromatic rings. The predicted octanol–water partition coefficient (Wildman–Crippen LogP) is 3.12. The fraction of sp³-hybridized carbons (Fsp3) is 0.550. The van der Waals surface area contributed by atoms with Crippen LogP contribution < -0.4 is 0 Å². The summed E-state index contributed by atoms with van der Waals surface area (Å²) >= 11 is 0. The molecule has 0 aliphatic heterocycles. The number of hydrogen-bond acceptors (Lipinski definition) is 4. The minimum atomic E-state index is -1.61. The molecule has 2 atom stereocenters. The smallest absolute Gasteiger partial charge is 0.343 e. The number of nitrogens with zero attached hydrogens (tertiary/aromatic N) is 1. The van der Waals surface area contributed by atoms with E-state index < -0.39 is 11.6 Å². The lowest BCUT2D eigenvalue weighted by molar-refractivity contribution is -0.172. The first-order valence-electron chi connectivity index (χ1n) is 8.97. The number of ether oxygens (including phenoxy) is 1. The number of carbonyl (C=O) groups is 1. The molecule has 0 saturated heterocycles. The van der Waals surface area contributed by atoms with Crippen LogP contribution in [0.15, 0.2) is 42.5 Å². The molecule has 0 bridgehead atoms. The standard InChI is InChI=1S/C20H29NO3/c1-3-21(4-2)15-16-24-19(22)20(23,17-11-7-5-8-12-17)18-13-9-6-10-14-18/h5,7-9,11-13,18,23H,3-4,6,10,14-16H2,1-2H3/t18-,20+/m1/s1. The van der Waals surface area contributed by atoms with Crippen molar-refractivity contribution in [3.8, 4) is 0 Å². The second-order valence-corrected chi connectivity index (χ2v) is 6.26. The number of allylic oxidation sites excluding steroid dienone is 1. The Morgan fingerprint density at radius 2 is 2.00 bits per heavy atom. The Morgan fingerprint density at radius 1 is 1.29 bits per heavy atom. The quantitative estimate of drug-likeness (QED) is 0.587. The maximum Gasteiger partial charge on any atom is 0.343 e. The van der Waals surface area contributed by atoms with E-state index in [-0.39, 0.29) is 5.92 Å². The van der Waals surface area contributed by atoms with E-state index in [1.165, 1.54) is 0 Å². The fourth-order valence-corrected chi connectivity index (χ4v) is 3.25. The summed E-state index contributed by atoms with van der Waals surface area (Å²) in [5.41, 5.74) is -1.00. The second kappa shape index (κ2) is 9.00. The van der Waals surface area contributed by atoms with Gasteiger partial charge in [0, 0.05) is 12.5 Å². The molecular weight excluding hydrogens is 302 g/mol. The monoisotopic (exact) mass is 331 g/mol. The van der Waals surface area contributed by atoms with Crippen molar-refractivity contribution in [2.75, 3.05) is 26.2 Å². The Labute approximate surface area is 145 Å². The van der Waals surface area contributed by atoms with Crippen LogP contribution in [0.2, 0.25) is 0 Å². The summed E-state index contributed by atoms with van der Waals surface area (Å²) in [7, 11) is 0. The van der Waals surface area contributed by atoms with Crippen LogP contribution in [-0.4, -0.2) is 42.2 Å². The number of esters is 1. The van der Waals surface area contributed by atoms with Crippen LogP contribution >= 0.6 is 0 Å². The zero-order valence-electron chi connectivity index (χ0n) is 14.8. The average molecular weight is 331 g/mol. The van der Waals surface area contributed by atoms with Crippen LogP contribution in [0.1, 0.15) is 38.7 Å². The van der Waals surface area contributed by atoms with Crippen molar-refractivity contribution in [1.29, 1.82) is 0 Å². The third-order valence-electron chi connectivity index (χ3n) is 4.85. The summed E-state index contributed by atoms with van der Waals surface area (Å²) < 4.78 is 5.48. The molecule has 0 spiro atoms. The van der Waals surface area contributed by atoms with Crippen LogP contribution in [0, 0.1) is 5.92 Å². The van der Waals surface area contributed by atoms with Crippen molar-refractivity contribution < 1.29 is 14.6 Å². The fourth-order valence-electron chi connectivity index (χ4n) is 3.25. The predicted molar refractivity (Wildman–Crippen MR) is 95.6 cm³/mol. The Hall–Kier alpha value is -1.65. The Kier molecular flexibility index (Phi) is 7.00. The minimum absolute atomic E-state index is 0.241. The topological polar surface area (TPSA) is 49.8 Å². The number of aliphatic hydroxyl groups is 1. The molecule has 4 heteroatoms. The van der Waals surface area contributed by atoms with E-state index in [1.54, 1.807) is 12.1 Å². The van der Waals surface area contributed by atoms with E-state index >= 15 is 0 Å². The van der Waals surface area contributed by atoms with Crippen molar-refractivity contribution in [3.05, 3.63) is 48.0 Å². The van der Waals surface area contributed by atoms with E-state index in [1.807, 2.05) is 30.4 Å². The van der Waals surface area contributed by atoms with Crippen LogP contribution in [-0.2, 0) is 15.1 Å². The molecular formula is C20H29NO3. The van der Waals surface area contributed by atoms with Gasteiger partial charge in [-0.25, -0.2) is 4.79 Å². The Balaban J connectivity index is 2.15. The van der Waals surface area contributed by atoms with Gasteiger partial charge in [-0.3, -0.25) is 0 Å². The van der Waals surface area contributed by atoms with Gasteiger partial charge in [0.25, 0.3) is 0 Å². The normalized spacial score (nSPS) is 19.9. The molecule has 0 fully saturated rings. The first kappa shape index (κ1) is 18.7. The lowest BCUT2D eigenvalue weighted by Gasteiger charge is -2.34. The number of rotatable bonds is 8. The van der Waals surface area contributed by atoms with Crippen molar-refractivity contribution in [2.45, 2.75) is 38.7 Å². The molecule has 2 rings (SSSR count). The van der Waals surface area contributed by atoms with E-state index in [0.717, 1.165) is 32.4 Å². The largest absolute Gasteiger partial charge is 0.462 e. The highest BCUT2D eigenvalue weighted by Crippen LogP contribution is 2.37. The molecule has 0 aromatic heterocycles. The highest BCUT2D eigenvalue weighted by atomic mass is 16.5. The van der Waals surface area contributed by atoms with Crippen molar-refractivity contribution in [3.63, 3.8) is 0 Å². The maximum absolute atomic E-state index is 12.8. The zero-order valence-corrected chi connectivity index (χ0v) is 14.8. The maximum atomic E-state index is 12.8. The van der Waals surface area contributed by atoms with Crippen LogP contribution in [0.3, 0.4) is 0 Å². The Bertz CT molecular complexity index is 539. The highest BCUT2D eigenvalue weighted by Gasteiger charge is 2.46. The van der Waals surface area contributed by atoms with E-state index in [0.29, 0.717) is 18.7 Å². The Morgan fingerprint density at radius 3 is 2.58 bits per heavy atom. The summed E-state index contributed by atoms with van der Waals surface area (Å²) in [4.78, 5) is 15.0. The lowest BCUT2D eigenvalue weighted by atomic mass is 9.76. The van der Waals surface area contributed by atoms with Gasteiger partial charge in [0.2, 0.25) is 0 Å². The van der Waals surface area contributed by atoms with Crippen LogP contribution in [0.4, 0.5) is 0 Å². The molecule has 24 heavy (non-hydrogen) atoms. The first-order valence-corrected chi connectivity index (χ1v) is 8.97. The zero-order chi connectivity index (χ0) is 17.4. The summed E-state index contributed by atoms with van der Waals surface area (Å²) in [5.74, 6) is -0.785. The van der Waals surface area contributed by atoms with E-state index in [9.17, 15) is 9.90 Å². The van der Waals surface area contributed by atoms with Crippen molar-refractivity contribution >= 4 is 5.97 Å². The minimum Gasteiger partial charge on any atom is -0.462 e. The summed E-state index contributed by atoms with van der Waals surface area (Å²) in [6, 6.07) is 9.17. The molecule has 0 heterocycles. The molecule has 0 amide bonds. The number of hydrogen-bond donors (Lipinski definition) is 1. The number of benzene rings is 1. The van der Waals surface area contributed by atoms with Gasteiger partial charge in [-0.2, -0.15) is 0 Å². The van der Waals surface area contributed by atoms with E-state index in [2.05, 4.69) is 18.7 Å². The van der Waals surface area contributed by atoms with Crippen molar-refractivity contribution in [1.82, 2.24) is 4.90 Å². The van der Waals surface area contributed by atoms with Gasteiger partial charge < -0.3 is 14.7 Å². The third-order valence-corrected chi connectivity index (χ3v) is 4.85. The second-order valence-electron chi connectivity index (χ2n) is 6.26. The first-order chi connectivity index (χ1) is 11.6. The van der Waals surface area contributed by atoms with Gasteiger partial charge in [0.1, 0.15) is 6.61 Å². The lowest BCUT2D eigenvalue weighted by Crippen LogP contribution is -2.45. The number of carbonyl (C=O) groups excluding carboxylic acids is 1. The molecule has 0 unspecified atom stereocenters. The van der Waals surface area contributed by atoms with Gasteiger partial charge in [0.15, 0.2) is 5.60 Å². The molecule has 1 aromatic carbocycles.